The minimum atomic E-state index is -0.0136. The maximum Gasteiger partial charge on any atom is 0.0450 e. The van der Waals surface area contributed by atoms with Crippen LogP contribution in [0.2, 0.25) is 0 Å². The lowest BCUT2D eigenvalue weighted by atomic mass is 9.69. The van der Waals surface area contributed by atoms with Gasteiger partial charge in [0, 0.05) is 42.6 Å². The molecule has 0 amide bonds. The van der Waals surface area contributed by atoms with E-state index in [4.69, 9.17) is 0 Å². The monoisotopic (exact) mass is 514 g/mol. The summed E-state index contributed by atoms with van der Waals surface area (Å²) in [7, 11) is 2.23. The number of fused-ring (bicyclic) bond motifs is 4. The summed E-state index contributed by atoms with van der Waals surface area (Å²) in [6.07, 6.45) is 1.93. The lowest BCUT2D eigenvalue weighted by Gasteiger charge is -2.39. The molecule has 0 spiro atoms. The van der Waals surface area contributed by atoms with Crippen molar-refractivity contribution in [2.45, 2.75) is 79.1 Å². The van der Waals surface area contributed by atoms with Crippen LogP contribution in [0.5, 0.6) is 0 Å². The minimum Gasteiger partial charge on any atom is -0.355 e. The Morgan fingerprint density at radius 2 is 1.15 bits per heavy atom. The zero-order chi connectivity index (χ0) is 27.9. The topological polar surface area (TPSA) is 15.3 Å². The predicted molar refractivity (Wildman–Crippen MR) is 169 cm³/mol. The van der Waals surface area contributed by atoms with E-state index in [-0.39, 0.29) is 10.8 Å². The number of nitrogens with one attached hydrogen (secondary N) is 1. The van der Waals surface area contributed by atoms with Crippen molar-refractivity contribution in [2.75, 3.05) is 17.3 Å². The highest BCUT2D eigenvalue weighted by atomic mass is 15.1. The van der Waals surface area contributed by atoms with Crippen molar-refractivity contribution in [2.24, 2.45) is 0 Å². The molecular formula is C37H42N2. The van der Waals surface area contributed by atoms with Gasteiger partial charge < -0.3 is 10.2 Å². The van der Waals surface area contributed by atoms with E-state index in [1.807, 2.05) is 0 Å². The Hall–Kier alpha value is -3.52. The first-order valence-electron chi connectivity index (χ1n) is 14.4. The van der Waals surface area contributed by atoms with Crippen LogP contribution in [0, 0.1) is 13.8 Å². The molecule has 2 heteroatoms. The largest absolute Gasteiger partial charge is 0.355 e. The van der Waals surface area contributed by atoms with Gasteiger partial charge in [0.25, 0.3) is 0 Å². The van der Waals surface area contributed by atoms with Gasteiger partial charge in [0.15, 0.2) is 0 Å². The second-order valence-corrected chi connectivity index (χ2v) is 13.7. The molecular weight excluding hydrogens is 472 g/mol. The third-order valence-corrected chi connectivity index (χ3v) is 8.73. The maximum absolute atomic E-state index is 3.79. The van der Waals surface area contributed by atoms with Gasteiger partial charge in [-0.05, 0) is 105 Å². The van der Waals surface area contributed by atoms with Crippen LogP contribution >= 0.6 is 0 Å². The molecule has 0 aliphatic carbocycles. The van der Waals surface area contributed by atoms with Crippen LogP contribution in [-0.2, 0) is 23.7 Å². The zero-order valence-electron chi connectivity index (χ0n) is 25.1. The number of hydrogen-bond acceptors (Lipinski definition) is 2. The van der Waals surface area contributed by atoms with Gasteiger partial charge in [0.2, 0.25) is 0 Å². The number of hydrogen-bond donors (Lipinski definition) is 1. The first kappa shape index (κ1) is 25.7. The van der Waals surface area contributed by atoms with Crippen molar-refractivity contribution in [3.8, 4) is 11.1 Å². The van der Waals surface area contributed by atoms with Crippen molar-refractivity contribution in [3.63, 3.8) is 0 Å². The Bertz CT molecular complexity index is 1630. The van der Waals surface area contributed by atoms with Gasteiger partial charge in [0.05, 0.1) is 0 Å². The summed E-state index contributed by atoms with van der Waals surface area (Å²) in [5, 5.41) is 3.79. The molecule has 0 saturated carbocycles. The van der Waals surface area contributed by atoms with E-state index in [0.29, 0.717) is 0 Å². The molecule has 2 heterocycles. The van der Waals surface area contributed by atoms with Crippen molar-refractivity contribution < 1.29 is 0 Å². The van der Waals surface area contributed by atoms with Crippen LogP contribution in [0.15, 0.2) is 60.7 Å². The molecule has 0 atom stereocenters. The summed E-state index contributed by atoms with van der Waals surface area (Å²) >= 11 is 0. The molecule has 6 rings (SSSR count). The highest BCUT2D eigenvalue weighted by Crippen LogP contribution is 2.52. The molecule has 1 N–H and O–H groups in total. The van der Waals surface area contributed by atoms with Gasteiger partial charge in [-0.15, -0.1) is 0 Å². The molecule has 0 aromatic heterocycles. The quantitative estimate of drug-likeness (QED) is 0.239. The molecule has 4 aromatic carbocycles. The first-order valence-corrected chi connectivity index (χ1v) is 14.4. The van der Waals surface area contributed by atoms with Gasteiger partial charge in [-0.3, -0.25) is 0 Å². The van der Waals surface area contributed by atoms with Crippen LogP contribution in [0.1, 0.15) is 86.1 Å². The fourth-order valence-corrected chi connectivity index (χ4v) is 7.21. The van der Waals surface area contributed by atoms with E-state index in [9.17, 15) is 0 Å². The van der Waals surface area contributed by atoms with Crippen molar-refractivity contribution >= 4 is 22.7 Å². The molecule has 0 radical (unpaired) electrons. The molecule has 39 heavy (non-hydrogen) atoms. The number of para-hydroxylation sites is 2. The molecule has 0 unspecified atom stereocenters. The number of benzene rings is 4. The number of nitrogens with zero attached hydrogens (tertiary/aromatic N) is 1. The summed E-state index contributed by atoms with van der Waals surface area (Å²) in [6, 6.07) is 22.5. The van der Waals surface area contributed by atoms with Crippen LogP contribution in [0.25, 0.3) is 11.1 Å². The van der Waals surface area contributed by atoms with E-state index in [2.05, 4.69) is 133 Å². The highest BCUT2D eigenvalue weighted by Gasteiger charge is 2.35. The SMILES string of the molecule is Cc1cc2c(c(C(C)(C)C)c1-c1c(C)cc3c(c1C(C)(C)C)Cc1ccccc1N3C)Cc1ccccc1N2. The Morgan fingerprint density at radius 1 is 0.615 bits per heavy atom. The fourth-order valence-electron chi connectivity index (χ4n) is 7.21. The van der Waals surface area contributed by atoms with Crippen molar-refractivity contribution in [3.05, 3.63) is 105 Å². The average Bonchev–Trinajstić information content (AvgIpc) is 2.86. The Kier molecular flexibility index (Phi) is 5.77. The van der Waals surface area contributed by atoms with E-state index in [1.165, 1.54) is 78.4 Å². The molecule has 2 aliphatic rings. The standard InChI is InChI=1S/C37H42N2/c1-22-18-29-26(20-24-14-10-12-16-28(24)38-29)34(36(3,4)5)32(22)33-23(2)19-31-27(35(33)37(6,7)8)21-25-15-11-13-17-30(25)39(31)9/h10-19,38H,20-21H2,1-9H3. The summed E-state index contributed by atoms with van der Waals surface area (Å²) < 4.78 is 0. The molecule has 2 aliphatic heterocycles. The van der Waals surface area contributed by atoms with E-state index in [1.54, 1.807) is 0 Å². The van der Waals surface area contributed by atoms with E-state index >= 15 is 0 Å². The summed E-state index contributed by atoms with van der Waals surface area (Å²) in [4.78, 5) is 2.41. The fraction of sp³-hybridized carbons (Fsp3) is 0.351. The smallest absolute Gasteiger partial charge is 0.0450 e. The first-order chi connectivity index (χ1) is 18.4. The van der Waals surface area contributed by atoms with Gasteiger partial charge in [-0.25, -0.2) is 0 Å². The zero-order valence-corrected chi connectivity index (χ0v) is 25.1. The Morgan fingerprint density at radius 3 is 1.82 bits per heavy atom. The predicted octanol–water partition coefficient (Wildman–Crippen LogP) is 9.89. The second kappa shape index (κ2) is 8.74. The van der Waals surface area contributed by atoms with Crippen LogP contribution in [0.3, 0.4) is 0 Å². The number of anilines is 4. The van der Waals surface area contributed by atoms with Crippen LogP contribution in [-0.4, -0.2) is 7.05 Å². The second-order valence-electron chi connectivity index (χ2n) is 13.7. The molecule has 0 saturated heterocycles. The highest BCUT2D eigenvalue weighted by molar-refractivity contribution is 5.89. The summed E-state index contributed by atoms with van der Waals surface area (Å²) in [6.45, 7) is 19.0. The molecule has 200 valence electrons. The third kappa shape index (κ3) is 4.07. The number of rotatable bonds is 1. The van der Waals surface area contributed by atoms with Crippen molar-refractivity contribution in [1.29, 1.82) is 0 Å². The molecule has 0 bridgehead atoms. The van der Waals surface area contributed by atoms with Gasteiger partial charge >= 0.3 is 0 Å². The van der Waals surface area contributed by atoms with Crippen LogP contribution < -0.4 is 10.2 Å². The van der Waals surface area contributed by atoms with Gasteiger partial charge in [-0.2, -0.15) is 0 Å². The molecule has 2 nitrogen and oxygen atoms in total. The normalized spacial score (nSPS) is 14.2. The lowest BCUT2D eigenvalue weighted by Crippen LogP contribution is -2.26. The summed E-state index contributed by atoms with van der Waals surface area (Å²) in [5.41, 5.74) is 19.4. The summed E-state index contributed by atoms with van der Waals surface area (Å²) in [5.74, 6) is 0. The Labute approximate surface area is 235 Å². The van der Waals surface area contributed by atoms with Crippen LogP contribution in [0.4, 0.5) is 22.7 Å². The lowest BCUT2D eigenvalue weighted by molar-refractivity contribution is 0.577. The Balaban J connectivity index is 1.68. The molecule has 0 fully saturated rings. The average molecular weight is 515 g/mol. The maximum atomic E-state index is 3.79. The third-order valence-electron chi connectivity index (χ3n) is 8.73. The van der Waals surface area contributed by atoms with E-state index in [0.717, 1.165) is 12.8 Å². The number of aryl methyl sites for hydroxylation is 2. The van der Waals surface area contributed by atoms with Gasteiger partial charge in [0.1, 0.15) is 0 Å². The van der Waals surface area contributed by atoms with E-state index < -0.39 is 0 Å². The molecule has 4 aromatic rings. The van der Waals surface area contributed by atoms with Gasteiger partial charge in [-0.1, -0.05) is 77.9 Å². The minimum absolute atomic E-state index is 0.0130. The van der Waals surface area contributed by atoms with Crippen molar-refractivity contribution in [1.82, 2.24) is 0 Å².